The second-order valence-electron chi connectivity index (χ2n) is 6.20. The minimum atomic E-state index is 0.768. The second-order valence-corrected chi connectivity index (χ2v) is 6.20. The highest BCUT2D eigenvalue weighted by Crippen LogP contribution is 2.37. The van der Waals surface area contributed by atoms with Gasteiger partial charge in [-0.15, -0.1) is 0 Å². The van der Waals surface area contributed by atoms with Crippen molar-refractivity contribution in [3.63, 3.8) is 0 Å². The summed E-state index contributed by atoms with van der Waals surface area (Å²) in [6, 6.07) is 0.768. The molecule has 1 N–H and O–H groups in total. The molecule has 94 valence electrons. The van der Waals surface area contributed by atoms with Crippen LogP contribution < -0.4 is 5.32 Å². The molecule has 0 aromatic rings. The highest BCUT2D eigenvalue weighted by atomic mass is 14.9. The summed E-state index contributed by atoms with van der Waals surface area (Å²) < 4.78 is 0. The van der Waals surface area contributed by atoms with Gasteiger partial charge in [-0.3, -0.25) is 0 Å². The molecule has 1 saturated heterocycles. The predicted octanol–water partition coefficient (Wildman–Crippen LogP) is 3.98. The fraction of sp³-hybridized carbons (Fsp3) is 1.00. The summed E-state index contributed by atoms with van der Waals surface area (Å²) in [6.45, 7) is 6.00. The van der Waals surface area contributed by atoms with Gasteiger partial charge in [0.05, 0.1) is 0 Å². The van der Waals surface area contributed by atoms with Gasteiger partial charge in [0.1, 0.15) is 0 Å². The van der Waals surface area contributed by atoms with E-state index in [1.54, 1.807) is 0 Å². The lowest BCUT2D eigenvalue weighted by atomic mass is 9.72. The SMILES string of the molecule is CCC1CCCCC1CC1CCC(C)NC1. The molecule has 1 saturated carbocycles. The Hall–Kier alpha value is -0.0400. The number of piperidine rings is 1. The van der Waals surface area contributed by atoms with Crippen LogP contribution in [-0.4, -0.2) is 12.6 Å². The Bertz CT molecular complexity index is 194. The van der Waals surface area contributed by atoms with Crippen LogP contribution in [0.5, 0.6) is 0 Å². The third-order valence-corrected chi connectivity index (χ3v) is 4.99. The van der Waals surface area contributed by atoms with Crippen LogP contribution in [0.2, 0.25) is 0 Å². The smallest absolute Gasteiger partial charge is 0.00389 e. The van der Waals surface area contributed by atoms with E-state index in [2.05, 4.69) is 19.2 Å². The van der Waals surface area contributed by atoms with Crippen molar-refractivity contribution in [2.24, 2.45) is 17.8 Å². The predicted molar refractivity (Wildman–Crippen MR) is 70.5 cm³/mol. The molecular formula is C15H29N. The van der Waals surface area contributed by atoms with Gasteiger partial charge in [0.2, 0.25) is 0 Å². The van der Waals surface area contributed by atoms with Gasteiger partial charge in [0.15, 0.2) is 0 Å². The summed E-state index contributed by atoms with van der Waals surface area (Å²) in [4.78, 5) is 0. The summed E-state index contributed by atoms with van der Waals surface area (Å²) in [5.41, 5.74) is 0. The molecule has 1 heterocycles. The number of hydrogen-bond acceptors (Lipinski definition) is 1. The molecule has 0 aromatic carbocycles. The summed E-state index contributed by atoms with van der Waals surface area (Å²) in [5, 5.41) is 3.65. The molecule has 2 fully saturated rings. The number of nitrogens with one attached hydrogen (secondary N) is 1. The average molecular weight is 223 g/mol. The first-order chi connectivity index (χ1) is 7.79. The molecule has 2 aliphatic rings. The van der Waals surface area contributed by atoms with E-state index in [9.17, 15) is 0 Å². The van der Waals surface area contributed by atoms with Gasteiger partial charge in [0.25, 0.3) is 0 Å². The number of hydrogen-bond donors (Lipinski definition) is 1. The quantitative estimate of drug-likeness (QED) is 0.763. The molecule has 0 radical (unpaired) electrons. The van der Waals surface area contributed by atoms with E-state index in [0.29, 0.717) is 0 Å². The van der Waals surface area contributed by atoms with Gasteiger partial charge in [-0.25, -0.2) is 0 Å². The van der Waals surface area contributed by atoms with Crippen LogP contribution in [0.1, 0.15) is 65.2 Å². The minimum absolute atomic E-state index is 0.768. The standard InChI is InChI=1S/C15H29N/c1-3-14-6-4-5-7-15(14)10-13-9-8-12(2)16-11-13/h12-16H,3-11H2,1-2H3. The lowest BCUT2D eigenvalue weighted by Gasteiger charge is -2.36. The van der Waals surface area contributed by atoms with E-state index in [0.717, 1.165) is 23.8 Å². The zero-order valence-electron chi connectivity index (χ0n) is 11.2. The van der Waals surface area contributed by atoms with Crippen LogP contribution in [-0.2, 0) is 0 Å². The lowest BCUT2D eigenvalue weighted by Crippen LogP contribution is -2.38. The molecule has 1 aliphatic heterocycles. The van der Waals surface area contributed by atoms with Crippen molar-refractivity contribution < 1.29 is 0 Å². The third kappa shape index (κ3) is 3.23. The molecule has 0 spiro atoms. The van der Waals surface area contributed by atoms with Gasteiger partial charge in [-0.2, -0.15) is 0 Å². The molecule has 0 amide bonds. The Kier molecular flexibility index (Phi) is 4.69. The van der Waals surface area contributed by atoms with Crippen LogP contribution in [0, 0.1) is 17.8 Å². The van der Waals surface area contributed by atoms with Crippen LogP contribution in [0.3, 0.4) is 0 Å². The van der Waals surface area contributed by atoms with Crippen LogP contribution in [0.15, 0.2) is 0 Å². The van der Waals surface area contributed by atoms with E-state index in [1.807, 2.05) is 0 Å². The highest BCUT2D eigenvalue weighted by molar-refractivity contribution is 4.81. The molecule has 16 heavy (non-hydrogen) atoms. The fourth-order valence-electron chi connectivity index (χ4n) is 3.82. The Morgan fingerprint density at radius 2 is 1.75 bits per heavy atom. The van der Waals surface area contributed by atoms with Crippen molar-refractivity contribution in [3.8, 4) is 0 Å². The molecule has 0 bridgehead atoms. The van der Waals surface area contributed by atoms with Gasteiger partial charge in [-0.05, 0) is 50.5 Å². The highest BCUT2D eigenvalue weighted by Gasteiger charge is 2.27. The van der Waals surface area contributed by atoms with Crippen molar-refractivity contribution in [1.29, 1.82) is 0 Å². The maximum atomic E-state index is 3.65. The summed E-state index contributed by atoms with van der Waals surface area (Å²) >= 11 is 0. The fourth-order valence-corrected chi connectivity index (χ4v) is 3.82. The maximum Gasteiger partial charge on any atom is 0.00389 e. The van der Waals surface area contributed by atoms with Gasteiger partial charge in [0, 0.05) is 6.04 Å². The molecule has 4 unspecified atom stereocenters. The van der Waals surface area contributed by atoms with E-state index in [1.165, 1.54) is 57.9 Å². The van der Waals surface area contributed by atoms with Crippen LogP contribution >= 0.6 is 0 Å². The minimum Gasteiger partial charge on any atom is -0.314 e. The Balaban J connectivity index is 1.78. The summed E-state index contributed by atoms with van der Waals surface area (Å²) in [7, 11) is 0. The first-order valence-corrected chi connectivity index (χ1v) is 7.53. The van der Waals surface area contributed by atoms with Crippen molar-refractivity contribution >= 4 is 0 Å². The number of rotatable bonds is 3. The zero-order valence-corrected chi connectivity index (χ0v) is 11.2. The van der Waals surface area contributed by atoms with E-state index in [4.69, 9.17) is 0 Å². The van der Waals surface area contributed by atoms with Gasteiger partial charge < -0.3 is 5.32 Å². The van der Waals surface area contributed by atoms with Crippen molar-refractivity contribution in [3.05, 3.63) is 0 Å². The molecule has 2 rings (SSSR count). The average Bonchev–Trinajstić information content (AvgIpc) is 2.33. The first kappa shape index (κ1) is 12.4. The van der Waals surface area contributed by atoms with E-state index in [-0.39, 0.29) is 0 Å². The Labute approximate surface area is 101 Å². The molecular weight excluding hydrogens is 194 g/mol. The molecule has 0 aromatic heterocycles. The largest absolute Gasteiger partial charge is 0.314 e. The van der Waals surface area contributed by atoms with E-state index >= 15 is 0 Å². The molecule has 1 aliphatic carbocycles. The monoisotopic (exact) mass is 223 g/mol. The summed E-state index contributed by atoms with van der Waals surface area (Å²) in [5.74, 6) is 3.08. The second kappa shape index (κ2) is 6.05. The van der Waals surface area contributed by atoms with Gasteiger partial charge in [-0.1, -0.05) is 39.0 Å². The molecule has 4 atom stereocenters. The zero-order chi connectivity index (χ0) is 11.4. The van der Waals surface area contributed by atoms with Crippen molar-refractivity contribution in [1.82, 2.24) is 5.32 Å². The van der Waals surface area contributed by atoms with Crippen LogP contribution in [0.4, 0.5) is 0 Å². The van der Waals surface area contributed by atoms with Crippen LogP contribution in [0.25, 0.3) is 0 Å². The molecule has 1 nitrogen and oxygen atoms in total. The first-order valence-electron chi connectivity index (χ1n) is 7.53. The van der Waals surface area contributed by atoms with Crippen molar-refractivity contribution in [2.45, 2.75) is 71.3 Å². The topological polar surface area (TPSA) is 12.0 Å². The van der Waals surface area contributed by atoms with Crippen molar-refractivity contribution in [2.75, 3.05) is 6.54 Å². The maximum absolute atomic E-state index is 3.65. The Morgan fingerprint density at radius 1 is 1.00 bits per heavy atom. The lowest BCUT2D eigenvalue weighted by molar-refractivity contribution is 0.171. The molecule has 1 heteroatoms. The Morgan fingerprint density at radius 3 is 2.38 bits per heavy atom. The van der Waals surface area contributed by atoms with E-state index < -0.39 is 0 Å². The summed E-state index contributed by atoms with van der Waals surface area (Å²) in [6.07, 6.45) is 11.8. The van der Waals surface area contributed by atoms with Gasteiger partial charge >= 0.3 is 0 Å². The normalized spacial score (nSPS) is 40.9. The third-order valence-electron chi connectivity index (χ3n) is 4.99.